The fraction of sp³-hybridized carbons (Fsp3) is 0.100. The standard InChI is InChI=1S/C20H18BrO6P/c1-15-3-9-18(10-4-15)23-26-28(22,25-20-13-7-17(21)8-14-20)27-24-19-11-5-16(2)6-12-19/h3-14H,1-2H3. The average Bonchev–Trinajstić information content (AvgIpc) is 2.69. The second-order valence-electron chi connectivity index (χ2n) is 5.93. The number of hydrogen-bond acceptors (Lipinski definition) is 6. The van der Waals surface area contributed by atoms with Crippen molar-refractivity contribution >= 4 is 23.8 Å². The second-order valence-corrected chi connectivity index (χ2v) is 8.23. The van der Waals surface area contributed by atoms with Crippen LogP contribution in [0.1, 0.15) is 11.1 Å². The van der Waals surface area contributed by atoms with Crippen molar-refractivity contribution in [1.29, 1.82) is 0 Å². The Labute approximate surface area is 171 Å². The van der Waals surface area contributed by atoms with Crippen LogP contribution >= 0.6 is 23.8 Å². The molecule has 0 heterocycles. The van der Waals surface area contributed by atoms with E-state index in [1.165, 1.54) is 0 Å². The van der Waals surface area contributed by atoms with Crippen LogP contribution in [-0.2, 0) is 13.9 Å². The van der Waals surface area contributed by atoms with E-state index in [4.69, 9.17) is 23.6 Å². The van der Waals surface area contributed by atoms with Crippen LogP contribution in [0.25, 0.3) is 0 Å². The first kappa shape index (κ1) is 20.4. The van der Waals surface area contributed by atoms with Crippen LogP contribution in [0.3, 0.4) is 0 Å². The van der Waals surface area contributed by atoms with Crippen LogP contribution in [0.4, 0.5) is 0 Å². The highest BCUT2D eigenvalue weighted by Gasteiger charge is 2.34. The predicted molar refractivity (Wildman–Crippen MR) is 108 cm³/mol. The first-order valence-electron chi connectivity index (χ1n) is 8.33. The van der Waals surface area contributed by atoms with E-state index in [0.717, 1.165) is 15.6 Å². The second kappa shape index (κ2) is 9.26. The number of phosphoric acid groups is 1. The van der Waals surface area contributed by atoms with Crippen LogP contribution in [0, 0.1) is 13.8 Å². The molecule has 0 aliphatic carbocycles. The van der Waals surface area contributed by atoms with Crippen molar-refractivity contribution in [2.45, 2.75) is 13.8 Å². The highest BCUT2D eigenvalue weighted by atomic mass is 79.9. The Morgan fingerprint density at radius 2 is 1.04 bits per heavy atom. The van der Waals surface area contributed by atoms with Gasteiger partial charge in [-0.25, -0.2) is 4.57 Å². The van der Waals surface area contributed by atoms with E-state index in [-0.39, 0.29) is 5.75 Å². The Morgan fingerprint density at radius 1 is 0.643 bits per heavy atom. The zero-order chi connectivity index (χ0) is 20.0. The van der Waals surface area contributed by atoms with Crippen LogP contribution in [-0.4, -0.2) is 0 Å². The Bertz CT molecular complexity index is 888. The Morgan fingerprint density at radius 3 is 1.46 bits per heavy atom. The molecule has 3 aromatic rings. The van der Waals surface area contributed by atoms with Gasteiger partial charge in [0, 0.05) is 4.47 Å². The topological polar surface area (TPSA) is 63.2 Å². The summed E-state index contributed by atoms with van der Waals surface area (Å²) in [6.45, 7) is 3.87. The van der Waals surface area contributed by atoms with Gasteiger partial charge >= 0.3 is 7.82 Å². The first-order chi connectivity index (χ1) is 13.4. The van der Waals surface area contributed by atoms with E-state index < -0.39 is 7.82 Å². The summed E-state index contributed by atoms with van der Waals surface area (Å²) in [6.07, 6.45) is 0. The third-order valence-corrected chi connectivity index (χ3v) is 5.00. The average molecular weight is 465 g/mol. The molecule has 28 heavy (non-hydrogen) atoms. The summed E-state index contributed by atoms with van der Waals surface area (Å²) in [5.41, 5.74) is 2.08. The maximum absolute atomic E-state index is 13.0. The molecule has 0 unspecified atom stereocenters. The molecule has 0 saturated heterocycles. The third kappa shape index (κ3) is 6.11. The molecule has 0 aromatic heterocycles. The number of hydrogen-bond donors (Lipinski definition) is 0. The maximum atomic E-state index is 13.0. The number of aryl methyl sites for hydroxylation is 2. The van der Waals surface area contributed by atoms with Crippen molar-refractivity contribution in [1.82, 2.24) is 0 Å². The molecule has 0 amide bonds. The van der Waals surface area contributed by atoms with Gasteiger partial charge in [0.05, 0.1) is 0 Å². The van der Waals surface area contributed by atoms with Crippen molar-refractivity contribution < 1.29 is 28.2 Å². The summed E-state index contributed by atoms with van der Waals surface area (Å²) in [5.74, 6) is 0.930. The van der Waals surface area contributed by atoms with Crippen LogP contribution in [0.15, 0.2) is 77.3 Å². The quantitative estimate of drug-likeness (QED) is 0.213. The molecule has 0 aliphatic heterocycles. The zero-order valence-electron chi connectivity index (χ0n) is 15.2. The Balaban J connectivity index is 1.73. The molecule has 8 heteroatoms. The molecule has 146 valence electrons. The molecule has 0 bridgehead atoms. The van der Waals surface area contributed by atoms with Crippen LogP contribution in [0.2, 0.25) is 0 Å². The van der Waals surface area contributed by atoms with E-state index in [1.54, 1.807) is 48.5 Å². The van der Waals surface area contributed by atoms with Gasteiger partial charge in [-0.15, -0.1) is 0 Å². The molecule has 6 nitrogen and oxygen atoms in total. The Hall–Kier alpha value is -2.31. The Kier molecular flexibility index (Phi) is 6.75. The highest BCUT2D eigenvalue weighted by Crippen LogP contribution is 2.50. The van der Waals surface area contributed by atoms with Crippen molar-refractivity contribution in [2.75, 3.05) is 0 Å². The lowest BCUT2D eigenvalue weighted by Crippen LogP contribution is -2.07. The van der Waals surface area contributed by atoms with E-state index in [9.17, 15) is 4.57 Å². The van der Waals surface area contributed by atoms with Gasteiger partial charge in [-0.2, -0.15) is 0 Å². The fourth-order valence-corrected chi connectivity index (χ4v) is 3.12. The molecule has 0 N–H and O–H groups in total. The van der Waals surface area contributed by atoms with Gasteiger partial charge in [0.25, 0.3) is 0 Å². The zero-order valence-corrected chi connectivity index (χ0v) is 17.7. The molecular formula is C20H18BrO6P. The monoisotopic (exact) mass is 464 g/mol. The van der Waals surface area contributed by atoms with Gasteiger partial charge in [0.2, 0.25) is 0 Å². The molecule has 0 atom stereocenters. The highest BCUT2D eigenvalue weighted by molar-refractivity contribution is 9.10. The van der Waals surface area contributed by atoms with Gasteiger partial charge in [0.15, 0.2) is 11.5 Å². The molecule has 3 aromatic carbocycles. The molecular weight excluding hydrogens is 447 g/mol. The lowest BCUT2D eigenvalue weighted by molar-refractivity contribution is -0.185. The molecule has 0 fully saturated rings. The summed E-state index contributed by atoms with van der Waals surface area (Å²) in [5, 5.41) is 0. The van der Waals surface area contributed by atoms with Crippen molar-refractivity contribution in [2.24, 2.45) is 0 Å². The summed E-state index contributed by atoms with van der Waals surface area (Å²) in [4.78, 5) is 10.3. The van der Waals surface area contributed by atoms with Crippen LogP contribution < -0.4 is 14.3 Å². The van der Waals surface area contributed by atoms with Crippen molar-refractivity contribution in [3.8, 4) is 17.2 Å². The molecule has 0 saturated carbocycles. The van der Waals surface area contributed by atoms with Crippen molar-refractivity contribution in [3.05, 3.63) is 88.4 Å². The number of benzene rings is 3. The lowest BCUT2D eigenvalue weighted by Gasteiger charge is -2.16. The molecule has 0 radical (unpaired) electrons. The van der Waals surface area contributed by atoms with Gasteiger partial charge < -0.3 is 14.3 Å². The molecule has 3 rings (SSSR count). The summed E-state index contributed by atoms with van der Waals surface area (Å²) in [7, 11) is -4.27. The van der Waals surface area contributed by atoms with E-state index >= 15 is 0 Å². The predicted octanol–water partition coefficient (Wildman–Crippen LogP) is 6.57. The van der Waals surface area contributed by atoms with E-state index in [1.807, 2.05) is 38.1 Å². The minimum absolute atomic E-state index is 0.256. The van der Waals surface area contributed by atoms with Crippen LogP contribution in [0.5, 0.6) is 17.2 Å². The fourth-order valence-electron chi connectivity index (χ4n) is 2.03. The van der Waals surface area contributed by atoms with Gasteiger partial charge in [0.1, 0.15) is 5.75 Å². The van der Waals surface area contributed by atoms with E-state index in [0.29, 0.717) is 11.5 Å². The molecule has 0 aliphatic rings. The van der Waals surface area contributed by atoms with Gasteiger partial charge in [-0.3, -0.25) is 0 Å². The maximum Gasteiger partial charge on any atom is 0.604 e. The number of halogens is 1. The minimum Gasteiger partial charge on any atom is -0.400 e. The molecule has 0 spiro atoms. The van der Waals surface area contributed by atoms with Gasteiger partial charge in [-0.05, 0) is 62.4 Å². The summed E-state index contributed by atoms with van der Waals surface area (Å²) in [6, 6.07) is 20.6. The smallest absolute Gasteiger partial charge is 0.400 e. The minimum atomic E-state index is -4.27. The number of rotatable bonds is 8. The summed E-state index contributed by atoms with van der Waals surface area (Å²) >= 11 is 3.32. The van der Waals surface area contributed by atoms with E-state index in [2.05, 4.69) is 15.9 Å². The van der Waals surface area contributed by atoms with Gasteiger partial charge in [-0.1, -0.05) is 60.7 Å². The van der Waals surface area contributed by atoms with Crippen molar-refractivity contribution in [3.63, 3.8) is 0 Å². The summed E-state index contributed by atoms with van der Waals surface area (Å²) < 4.78 is 29.3. The largest absolute Gasteiger partial charge is 0.604 e. The SMILES string of the molecule is Cc1ccc(OOP(=O)(OOc2ccc(C)cc2)Oc2ccc(Br)cc2)cc1. The normalized spacial score (nSPS) is 11.1. The lowest BCUT2D eigenvalue weighted by atomic mass is 10.2. The third-order valence-electron chi connectivity index (χ3n) is 3.52. The first-order valence-corrected chi connectivity index (χ1v) is 10.6.